The van der Waals surface area contributed by atoms with E-state index >= 15 is 0 Å². The molecule has 76 valence electrons. The predicted molar refractivity (Wildman–Crippen MR) is 65.0 cm³/mol. The van der Waals surface area contributed by atoms with Gasteiger partial charge in [-0.1, -0.05) is 18.7 Å². The molecule has 0 aromatic heterocycles. The van der Waals surface area contributed by atoms with Crippen molar-refractivity contribution < 1.29 is 0 Å². The van der Waals surface area contributed by atoms with Gasteiger partial charge in [-0.15, -0.1) is 0 Å². The van der Waals surface area contributed by atoms with Crippen molar-refractivity contribution in [3.05, 3.63) is 36.2 Å². The fourth-order valence-electron chi connectivity index (χ4n) is 0.960. The van der Waals surface area contributed by atoms with Crippen LogP contribution in [0.25, 0.3) is 0 Å². The predicted octanol–water partition coefficient (Wildman–Crippen LogP) is 3.53. The zero-order chi connectivity index (χ0) is 11.0. The molecule has 0 aromatic rings. The Bertz CT molecular complexity index is 300. The fourth-order valence-corrected chi connectivity index (χ4v) is 0.960. The molecule has 0 heterocycles. The molecule has 0 aliphatic rings. The van der Waals surface area contributed by atoms with Crippen molar-refractivity contribution in [3.63, 3.8) is 0 Å². The first kappa shape index (κ1) is 12.6. The molecule has 0 saturated carbocycles. The molecule has 0 rings (SSSR count). The maximum Gasteiger partial charge on any atom is 0.0881 e. The molecule has 0 radical (unpaired) electrons. The van der Waals surface area contributed by atoms with Gasteiger partial charge in [-0.2, -0.15) is 0 Å². The van der Waals surface area contributed by atoms with Crippen LogP contribution < -0.4 is 0 Å². The van der Waals surface area contributed by atoms with Crippen molar-refractivity contribution in [3.8, 4) is 0 Å². The Morgan fingerprint density at radius 2 is 1.79 bits per heavy atom. The van der Waals surface area contributed by atoms with Crippen LogP contribution in [0.3, 0.4) is 0 Å². The van der Waals surface area contributed by atoms with Crippen LogP contribution in [-0.2, 0) is 0 Å². The molecule has 0 spiro atoms. The quantitative estimate of drug-likeness (QED) is 0.478. The Morgan fingerprint density at radius 3 is 2.14 bits per heavy atom. The highest BCUT2D eigenvalue weighted by molar-refractivity contribution is 5.80. The van der Waals surface area contributed by atoms with Gasteiger partial charge in [0.1, 0.15) is 0 Å². The summed E-state index contributed by atoms with van der Waals surface area (Å²) in [6.45, 7) is 11.4. The van der Waals surface area contributed by atoms with E-state index in [-0.39, 0.29) is 0 Å². The van der Waals surface area contributed by atoms with E-state index in [0.29, 0.717) is 0 Å². The lowest BCUT2D eigenvalue weighted by molar-refractivity contribution is 1.22. The monoisotopic (exact) mass is 190 g/mol. The minimum absolute atomic E-state index is 0.848. The molecule has 0 saturated heterocycles. The summed E-state index contributed by atoms with van der Waals surface area (Å²) in [6, 6.07) is 0. The molecular weight excluding hydrogens is 172 g/mol. The first-order valence-electron chi connectivity index (χ1n) is 4.65. The van der Waals surface area contributed by atoms with E-state index in [9.17, 15) is 0 Å². The summed E-state index contributed by atoms with van der Waals surface area (Å²) < 4.78 is 0. The Hall–Kier alpha value is -1.44. The van der Waals surface area contributed by atoms with Crippen LogP contribution in [0.5, 0.6) is 0 Å². The molecule has 0 aromatic carbocycles. The minimum Gasteiger partial charge on any atom is -0.260 e. The molecule has 0 atom stereocenters. The minimum atomic E-state index is 0.848. The van der Waals surface area contributed by atoms with Gasteiger partial charge in [-0.25, -0.2) is 0 Å². The van der Waals surface area contributed by atoms with E-state index in [1.165, 1.54) is 0 Å². The molecule has 0 aliphatic carbocycles. The Labute approximate surface area is 86.5 Å². The molecule has 2 nitrogen and oxygen atoms in total. The lowest BCUT2D eigenvalue weighted by Gasteiger charge is -2.01. The van der Waals surface area contributed by atoms with E-state index in [1.807, 2.05) is 39.8 Å². The van der Waals surface area contributed by atoms with Gasteiger partial charge in [0.25, 0.3) is 0 Å². The van der Waals surface area contributed by atoms with Crippen molar-refractivity contribution in [2.24, 2.45) is 9.98 Å². The summed E-state index contributed by atoms with van der Waals surface area (Å²) >= 11 is 0. The molecule has 2 heteroatoms. The molecule has 0 amide bonds. The summed E-state index contributed by atoms with van der Waals surface area (Å²) in [4.78, 5) is 8.61. The summed E-state index contributed by atoms with van der Waals surface area (Å²) in [6.07, 6.45) is 7.26. The molecule has 14 heavy (non-hydrogen) atoms. The van der Waals surface area contributed by atoms with E-state index in [0.717, 1.165) is 17.1 Å². The number of hydrogen-bond donors (Lipinski definition) is 0. The van der Waals surface area contributed by atoms with Crippen LogP contribution in [0.1, 0.15) is 27.7 Å². The third-order valence-electron chi connectivity index (χ3n) is 1.42. The van der Waals surface area contributed by atoms with Crippen molar-refractivity contribution >= 4 is 11.9 Å². The van der Waals surface area contributed by atoms with Crippen molar-refractivity contribution in [1.29, 1.82) is 0 Å². The number of hydrogen-bond acceptors (Lipinski definition) is 2. The second-order valence-electron chi connectivity index (χ2n) is 2.91. The highest BCUT2D eigenvalue weighted by Gasteiger charge is 1.98. The Morgan fingerprint density at radius 1 is 1.14 bits per heavy atom. The average molecular weight is 190 g/mol. The summed E-state index contributed by atoms with van der Waals surface area (Å²) in [5.74, 6) is 0. The first-order chi connectivity index (χ1) is 6.65. The van der Waals surface area contributed by atoms with E-state index in [4.69, 9.17) is 0 Å². The molecule has 0 unspecified atom stereocenters. The normalized spacial score (nSPS) is 13.1. The van der Waals surface area contributed by atoms with Crippen LogP contribution >= 0.6 is 0 Å². The van der Waals surface area contributed by atoms with Crippen molar-refractivity contribution in [2.45, 2.75) is 27.7 Å². The molecule has 0 aliphatic heterocycles. The number of rotatable bonds is 4. The van der Waals surface area contributed by atoms with Gasteiger partial charge in [-0.3, -0.25) is 9.98 Å². The van der Waals surface area contributed by atoms with Crippen molar-refractivity contribution in [2.75, 3.05) is 0 Å². The summed E-state index contributed by atoms with van der Waals surface area (Å²) in [5.41, 5.74) is 2.72. The van der Waals surface area contributed by atoms with Gasteiger partial charge in [0.2, 0.25) is 0 Å². The van der Waals surface area contributed by atoms with Gasteiger partial charge < -0.3 is 0 Å². The number of nitrogens with zero attached hydrogens (tertiary/aromatic N) is 2. The zero-order valence-corrected chi connectivity index (χ0v) is 9.41. The first-order valence-corrected chi connectivity index (χ1v) is 4.65. The third-order valence-corrected chi connectivity index (χ3v) is 1.42. The summed E-state index contributed by atoms with van der Waals surface area (Å²) in [7, 11) is 0. The standard InChI is InChI=1S/C12H18N2/c1-6-9-12(14-10(4)5)11(7-2)13-8-3/h6-9H,1H2,2-5H3/b11-7-,12-9-,13-8?. The molecule has 0 bridgehead atoms. The second-order valence-corrected chi connectivity index (χ2v) is 2.91. The Balaban J connectivity index is 5.11. The fraction of sp³-hybridized carbons (Fsp3) is 0.333. The molecular formula is C12H18N2. The highest BCUT2D eigenvalue weighted by Crippen LogP contribution is 2.13. The van der Waals surface area contributed by atoms with Gasteiger partial charge >= 0.3 is 0 Å². The SMILES string of the molecule is C=C/C=C(N=C(C)C)/C(=C/C)N=CC. The zero-order valence-electron chi connectivity index (χ0n) is 9.41. The topological polar surface area (TPSA) is 24.7 Å². The van der Waals surface area contributed by atoms with Gasteiger partial charge in [0.15, 0.2) is 0 Å². The molecule has 0 N–H and O–H groups in total. The van der Waals surface area contributed by atoms with E-state index in [2.05, 4.69) is 16.6 Å². The van der Waals surface area contributed by atoms with Gasteiger partial charge in [0, 0.05) is 11.9 Å². The van der Waals surface area contributed by atoms with Crippen LogP contribution in [0.15, 0.2) is 46.2 Å². The Kier molecular flexibility index (Phi) is 6.29. The van der Waals surface area contributed by atoms with Crippen LogP contribution in [0.4, 0.5) is 0 Å². The lowest BCUT2D eigenvalue weighted by atomic mass is 10.3. The number of allylic oxidation sites excluding steroid dienone is 3. The van der Waals surface area contributed by atoms with Gasteiger partial charge in [-0.05, 0) is 33.8 Å². The second kappa shape index (κ2) is 7.01. The van der Waals surface area contributed by atoms with Crippen LogP contribution in [0.2, 0.25) is 0 Å². The van der Waals surface area contributed by atoms with Crippen LogP contribution in [0, 0.1) is 0 Å². The smallest absolute Gasteiger partial charge is 0.0881 e. The maximum atomic E-state index is 4.38. The van der Waals surface area contributed by atoms with Gasteiger partial charge in [0.05, 0.1) is 11.4 Å². The highest BCUT2D eigenvalue weighted by atomic mass is 14.8. The average Bonchev–Trinajstić information content (AvgIpc) is 2.13. The van der Waals surface area contributed by atoms with Crippen LogP contribution in [-0.4, -0.2) is 11.9 Å². The largest absolute Gasteiger partial charge is 0.260 e. The lowest BCUT2D eigenvalue weighted by Crippen LogP contribution is -1.88. The van der Waals surface area contributed by atoms with Crippen molar-refractivity contribution in [1.82, 2.24) is 0 Å². The molecule has 0 fully saturated rings. The summed E-state index contributed by atoms with van der Waals surface area (Å²) in [5, 5.41) is 0. The maximum absolute atomic E-state index is 4.38. The third kappa shape index (κ3) is 4.55. The van der Waals surface area contributed by atoms with E-state index in [1.54, 1.807) is 12.3 Å². The number of aliphatic imine (C=N–C) groups is 2. The van der Waals surface area contributed by atoms with E-state index < -0.39 is 0 Å².